The number of hydrogen-bond donors (Lipinski definition) is 1. The summed E-state index contributed by atoms with van der Waals surface area (Å²) in [6.07, 6.45) is 1.31. The molecule has 2 heterocycles. The highest BCUT2D eigenvalue weighted by molar-refractivity contribution is 5.49. The molecule has 1 aromatic rings. The van der Waals surface area contributed by atoms with Crippen LogP contribution < -0.4 is 10.2 Å². The smallest absolute Gasteiger partial charge is 0.131 e. The Morgan fingerprint density at radius 1 is 1.40 bits per heavy atom. The molecule has 1 aliphatic rings. The highest BCUT2D eigenvalue weighted by Gasteiger charge is 2.23. The van der Waals surface area contributed by atoms with Gasteiger partial charge < -0.3 is 15.1 Å². The number of nitrogens with zero attached hydrogens (tertiary/aromatic N) is 4. The monoisotopic (exact) mass is 279 g/mol. The largest absolute Gasteiger partial charge is 0.359 e. The fourth-order valence-electron chi connectivity index (χ4n) is 3.27. The molecular weight excluding hydrogens is 250 g/mol. The molecule has 20 heavy (non-hydrogen) atoms. The highest BCUT2D eigenvalue weighted by atomic mass is 15.4. The third-order valence-electron chi connectivity index (χ3n) is 4.25. The van der Waals surface area contributed by atoms with E-state index in [1.54, 1.807) is 0 Å². The zero-order valence-electron chi connectivity index (χ0n) is 13.6. The first kappa shape index (κ1) is 15.3. The Bertz CT molecular complexity index is 440. The second-order valence-corrected chi connectivity index (χ2v) is 6.09. The summed E-state index contributed by atoms with van der Waals surface area (Å²) in [5, 5.41) is 8.03. The summed E-state index contributed by atoms with van der Waals surface area (Å²) in [6, 6.07) is 0. The topological polar surface area (TPSA) is 36.3 Å². The predicted octanol–water partition coefficient (Wildman–Crippen LogP) is 1.23. The van der Waals surface area contributed by atoms with E-state index in [9.17, 15) is 0 Å². The zero-order valence-corrected chi connectivity index (χ0v) is 13.6. The molecule has 1 unspecified atom stereocenters. The van der Waals surface area contributed by atoms with Crippen molar-refractivity contribution in [2.75, 3.05) is 45.2 Å². The van der Waals surface area contributed by atoms with E-state index < -0.39 is 0 Å². The molecule has 1 aromatic heterocycles. The lowest BCUT2D eigenvalue weighted by Crippen LogP contribution is -2.30. The van der Waals surface area contributed by atoms with Crippen LogP contribution in [0.15, 0.2) is 0 Å². The molecule has 0 aromatic carbocycles. The molecule has 5 nitrogen and oxygen atoms in total. The minimum atomic E-state index is 0.771. The van der Waals surface area contributed by atoms with E-state index in [1.165, 1.54) is 30.9 Å². The molecule has 1 aliphatic heterocycles. The van der Waals surface area contributed by atoms with E-state index in [0.717, 1.165) is 31.2 Å². The fraction of sp³-hybridized carbons (Fsp3) is 0.800. The van der Waals surface area contributed by atoms with E-state index >= 15 is 0 Å². The molecule has 1 N–H and O–H groups in total. The number of anilines is 1. The first-order valence-corrected chi connectivity index (χ1v) is 7.65. The van der Waals surface area contributed by atoms with Crippen LogP contribution in [-0.4, -0.2) is 55.0 Å². The van der Waals surface area contributed by atoms with Gasteiger partial charge in [-0.3, -0.25) is 4.68 Å². The molecule has 114 valence electrons. The van der Waals surface area contributed by atoms with Crippen molar-refractivity contribution >= 4 is 5.82 Å². The Morgan fingerprint density at radius 2 is 2.15 bits per heavy atom. The first-order valence-electron chi connectivity index (χ1n) is 7.65. The van der Waals surface area contributed by atoms with Crippen LogP contribution in [0.4, 0.5) is 5.82 Å². The van der Waals surface area contributed by atoms with Crippen molar-refractivity contribution < 1.29 is 0 Å². The Hall–Kier alpha value is -1.07. The third kappa shape index (κ3) is 3.33. The van der Waals surface area contributed by atoms with Crippen LogP contribution in [0.5, 0.6) is 0 Å². The van der Waals surface area contributed by atoms with E-state index in [0.29, 0.717) is 0 Å². The predicted molar refractivity (Wildman–Crippen MR) is 84.2 cm³/mol. The van der Waals surface area contributed by atoms with E-state index in [1.807, 2.05) is 4.68 Å². The van der Waals surface area contributed by atoms with Gasteiger partial charge in [-0.15, -0.1) is 0 Å². The molecule has 0 spiro atoms. The standard InChI is InChI=1S/C15H29N5/c1-6-16-9-14-12(2)17-20(5)15(14)19(4)11-13-7-8-18(3)10-13/h13,16H,6-11H2,1-5H3. The summed E-state index contributed by atoms with van der Waals surface area (Å²) in [5.41, 5.74) is 2.47. The average Bonchev–Trinajstić information content (AvgIpc) is 2.90. The van der Waals surface area contributed by atoms with Crippen molar-refractivity contribution in [3.8, 4) is 0 Å². The van der Waals surface area contributed by atoms with Crippen molar-refractivity contribution in [3.63, 3.8) is 0 Å². The minimum Gasteiger partial charge on any atom is -0.359 e. The SMILES string of the molecule is CCNCc1c(C)nn(C)c1N(C)CC1CCN(C)C1. The second kappa shape index (κ2) is 6.59. The summed E-state index contributed by atoms with van der Waals surface area (Å²) in [6.45, 7) is 9.70. The van der Waals surface area contributed by atoms with E-state index in [-0.39, 0.29) is 0 Å². The molecular formula is C15H29N5. The van der Waals surface area contributed by atoms with Crippen molar-refractivity contribution in [1.29, 1.82) is 0 Å². The number of rotatable bonds is 6. The zero-order chi connectivity index (χ0) is 14.7. The molecule has 1 fully saturated rings. The van der Waals surface area contributed by atoms with Crippen LogP contribution in [0, 0.1) is 12.8 Å². The summed E-state index contributed by atoms with van der Waals surface area (Å²) >= 11 is 0. The molecule has 0 amide bonds. The van der Waals surface area contributed by atoms with Gasteiger partial charge in [-0.05, 0) is 39.4 Å². The van der Waals surface area contributed by atoms with Crippen molar-refractivity contribution in [2.24, 2.45) is 13.0 Å². The Morgan fingerprint density at radius 3 is 2.75 bits per heavy atom. The number of aryl methyl sites for hydroxylation is 2. The summed E-state index contributed by atoms with van der Waals surface area (Å²) in [7, 11) is 6.46. The van der Waals surface area contributed by atoms with Gasteiger partial charge in [0.05, 0.1) is 5.69 Å². The molecule has 0 bridgehead atoms. The molecule has 1 atom stereocenters. The van der Waals surface area contributed by atoms with E-state index in [2.05, 4.69) is 55.2 Å². The summed E-state index contributed by atoms with van der Waals surface area (Å²) in [5.74, 6) is 2.03. The van der Waals surface area contributed by atoms with Gasteiger partial charge >= 0.3 is 0 Å². The number of likely N-dealkylation sites (tertiary alicyclic amines) is 1. The molecule has 5 heteroatoms. The summed E-state index contributed by atoms with van der Waals surface area (Å²) in [4.78, 5) is 4.81. The van der Waals surface area contributed by atoms with E-state index in [4.69, 9.17) is 0 Å². The lowest BCUT2D eigenvalue weighted by atomic mass is 10.1. The van der Waals surface area contributed by atoms with Crippen molar-refractivity contribution in [3.05, 3.63) is 11.3 Å². The minimum absolute atomic E-state index is 0.771. The molecule has 0 radical (unpaired) electrons. The first-order chi connectivity index (χ1) is 9.52. The van der Waals surface area contributed by atoms with Crippen LogP contribution in [0.1, 0.15) is 24.6 Å². The Kier molecular flexibility index (Phi) is 5.05. The highest BCUT2D eigenvalue weighted by Crippen LogP contribution is 2.24. The van der Waals surface area contributed by atoms with Gasteiger partial charge in [0.1, 0.15) is 5.82 Å². The van der Waals surface area contributed by atoms with Crippen LogP contribution in [0.2, 0.25) is 0 Å². The number of aromatic nitrogens is 2. The fourth-order valence-corrected chi connectivity index (χ4v) is 3.27. The number of hydrogen-bond acceptors (Lipinski definition) is 4. The van der Waals surface area contributed by atoms with Gasteiger partial charge in [0.2, 0.25) is 0 Å². The maximum atomic E-state index is 4.60. The Balaban J connectivity index is 2.09. The van der Waals surface area contributed by atoms with Gasteiger partial charge in [0.15, 0.2) is 0 Å². The number of nitrogens with one attached hydrogen (secondary N) is 1. The van der Waals surface area contributed by atoms with Gasteiger partial charge in [0, 0.05) is 39.3 Å². The van der Waals surface area contributed by atoms with Crippen LogP contribution in [-0.2, 0) is 13.6 Å². The molecule has 1 saturated heterocycles. The molecule has 0 saturated carbocycles. The molecule has 0 aliphatic carbocycles. The molecule has 2 rings (SSSR count). The maximum Gasteiger partial charge on any atom is 0.131 e. The van der Waals surface area contributed by atoms with Gasteiger partial charge in [-0.1, -0.05) is 6.92 Å². The second-order valence-electron chi connectivity index (χ2n) is 6.09. The van der Waals surface area contributed by atoms with Gasteiger partial charge in [-0.25, -0.2) is 0 Å². The van der Waals surface area contributed by atoms with Gasteiger partial charge in [-0.2, -0.15) is 5.10 Å². The lowest BCUT2D eigenvalue weighted by Gasteiger charge is -2.24. The van der Waals surface area contributed by atoms with Crippen LogP contribution in [0.25, 0.3) is 0 Å². The Labute approximate surface area is 122 Å². The van der Waals surface area contributed by atoms with Crippen molar-refractivity contribution in [2.45, 2.75) is 26.8 Å². The van der Waals surface area contributed by atoms with Crippen LogP contribution >= 0.6 is 0 Å². The quantitative estimate of drug-likeness (QED) is 0.849. The van der Waals surface area contributed by atoms with Crippen LogP contribution in [0.3, 0.4) is 0 Å². The van der Waals surface area contributed by atoms with Gasteiger partial charge in [0.25, 0.3) is 0 Å². The maximum absolute atomic E-state index is 4.60. The van der Waals surface area contributed by atoms with Crippen molar-refractivity contribution in [1.82, 2.24) is 20.0 Å². The average molecular weight is 279 g/mol. The summed E-state index contributed by atoms with van der Waals surface area (Å²) < 4.78 is 2.03. The normalized spacial score (nSPS) is 19.8. The lowest BCUT2D eigenvalue weighted by molar-refractivity contribution is 0.395. The third-order valence-corrected chi connectivity index (χ3v) is 4.25.